The molecule has 0 saturated heterocycles. The second kappa shape index (κ2) is 6.25. The summed E-state index contributed by atoms with van der Waals surface area (Å²) in [5.41, 5.74) is 7.55. The van der Waals surface area contributed by atoms with Crippen LogP contribution >= 0.6 is 0 Å². The normalized spacial score (nSPS) is 12.5. The second-order valence-electron chi connectivity index (χ2n) is 4.32. The molecule has 0 spiro atoms. The fourth-order valence-electron chi connectivity index (χ4n) is 1.63. The van der Waals surface area contributed by atoms with Crippen LogP contribution in [-0.2, 0) is 16.1 Å². The smallest absolute Gasteiger partial charge is 0.323 e. The summed E-state index contributed by atoms with van der Waals surface area (Å²) in [5, 5.41) is 3.17. The second-order valence-corrected chi connectivity index (χ2v) is 4.32. The van der Waals surface area contributed by atoms with Crippen LogP contribution in [0.1, 0.15) is 19.4 Å². The standard InChI is InChI=1S/C13H20N2O2/c1-9(2)12(13(16)17-3)15-8-10-6-4-5-7-11(10)14/h4-7,9,12,15H,8,14H2,1-3H3. The van der Waals surface area contributed by atoms with Crippen molar-refractivity contribution in [1.29, 1.82) is 0 Å². The van der Waals surface area contributed by atoms with Crippen LogP contribution in [-0.4, -0.2) is 19.1 Å². The fourth-order valence-corrected chi connectivity index (χ4v) is 1.63. The van der Waals surface area contributed by atoms with E-state index >= 15 is 0 Å². The first-order chi connectivity index (χ1) is 8.06. The Morgan fingerprint density at radius 1 is 1.41 bits per heavy atom. The van der Waals surface area contributed by atoms with Crippen molar-refractivity contribution < 1.29 is 9.53 Å². The molecule has 0 fully saturated rings. The van der Waals surface area contributed by atoms with Crippen LogP contribution in [0.5, 0.6) is 0 Å². The first-order valence-electron chi connectivity index (χ1n) is 5.71. The minimum Gasteiger partial charge on any atom is -0.468 e. The van der Waals surface area contributed by atoms with Gasteiger partial charge in [-0.15, -0.1) is 0 Å². The molecular formula is C13H20N2O2. The van der Waals surface area contributed by atoms with E-state index in [0.29, 0.717) is 6.54 Å². The van der Waals surface area contributed by atoms with Crippen molar-refractivity contribution in [2.24, 2.45) is 5.92 Å². The Morgan fingerprint density at radius 2 is 2.06 bits per heavy atom. The molecule has 4 heteroatoms. The molecular weight excluding hydrogens is 216 g/mol. The molecule has 4 nitrogen and oxygen atoms in total. The van der Waals surface area contributed by atoms with E-state index in [9.17, 15) is 4.79 Å². The molecule has 1 atom stereocenters. The minimum atomic E-state index is -0.306. The van der Waals surface area contributed by atoms with Gasteiger partial charge in [-0.3, -0.25) is 10.1 Å². The molecule has 0 heterocycles. The van der Waals surface area contributed by atoms with E-state index in [-0.39, 0.29) is 17.9 Å². The average molecular weight is 236 g/mol. The van der Waals surface area contributed by atoms with E-state index in [1.165, 1.54) is 7.11 Å². The summed E-state index contributed by atoms with van der Waals surface area (Å²) in [6, 6.07) is 7.30. The van der Waals surface area contributed by atoms with Crippen molar-refractivity contribution in [2.45, 2.75) is 26.4 Å². The molecule has 1 unspecified atom stereocenters. The summed E-state index contributed by atoms with van der Waals surface area (Å²) >= 11 is 0. The number of nitrogens with two attached hydrogens (primary N) is 1. The van der Waals surface area contributed by atoms with Crippen molar-refractivity contribution >= 4 is 11.7 Å². The summed E-state index contributed by atoms with van der Waals surface area (Å²) in [7, 11) is 1.40. The average Bonchev–Trinajstić information content (AvgIpc) is 2.30. The SMILES string of the molecule is COC(=O)C(NCc1ccccc1N)C(C)C. The van der Waals surface area contributed by atoms with Crippen LogP contribution in [0.4, 0.5) is 5.69 Å². The van der Waals surface area contributed by atoms with Gasteiger partial charge in [-0.25, -0.2) is 0 Å². The van der Waals surface area contributed by atoms with Crippen LogP contribution in [0, 0.1) is 5.92 Å². The molecule has 0 bridgehead atoms. The highest BCUT2D eigenvalue weighted by Crippen LogP contribution is 2.11. The molecule has 3 N–H and O–H groups in total. The topological polar surface area (TPSA) is 64.3 Å². The molecule has 0 aliphatic heterocycles. The predicted molar refractivity (Wildman–Crippen MR) is 68.3 cm³/mol. The van der Waals surface area contributed by atoms with Gasteiger partial charge in [0.2, 0.25) is 0 Å². The number of nitrogen functional groups attached to an aromatic ring is 1. The van der Waals surface area contributed by atoms with Gasteiger partial charge in [0.05, 0.1) is 7.11 Å². The molecule has 0 saturated carbocycles. The third-order valence-corrected chi connectivity index (χ3v) is 2.69. The third-order valence-electron chi connectivity index (χ3n) is 2.69. The lowest BCUT2D eigenvalue weighted by Crippen LogP contribution is -2.41. The zero-order valence-electron chi connectivity index (χ0n) is 10.6. The van der Waals surface area contributed by atoms with Gasteiger partial charge < -0.3 is 10.5 Å². The van der Waals surface area contributed by atoms with Gasteiger partial charge in [0.1, 0.15) is 6.04 Å². The Bertz CT molecular complexity index is 377. The van der Waals surface area contributed by atoms with E-state index in [1.807, 2.05) is 38.1 Å². The Morgan fingerprint density at radius 3 is 2.59 bits per heavy atom. The van der Waals surface area contributed by atoms with Crippen molar-refractivity contribution in [3.63, 3.8) is 0 Å². The van der Waals surface area contributed by atoms with Gasteiger partial charge >= 0.3 is 5.97 Å². The number of rotatable bonds is 5. The molecule has 0 radical (unpaired) electrons. The van der Waals surface area contributed by atoms with Gasteiger partial charge in [0, 0.05) is 12.2 Å². The number of para-hydroxylation sites is 1. The van der Waals surface area contributed by atoms with Gasteiger partial charge in [-0.1, -0.05) is 32.0 Å². The lowest BCUT2D eigenvalue weighted by Gasteiger charge is -2.20. The first kappa shape index (κ1) is 13.5. The summed E-state index contributed by atoms with van der Waals surface area (Å²) in [6.07, 6.45) is 0. The van der Waals surface area contributed by atoms with Crippen LogP contribution in [0.25, 0.3) is 0 Å². The zero-order valence-corrected chi connectivity index (χ0v) is 10.6. The maximum Gasteiger partial charge on any atom is 0.323 e. The summed E-state index contributed by atoms with van der Waals surface area (Å²) in [5.74, 6) is -0.0677. The number of hydrogen-bond acceptors (Lipinski definition) is 4. The summed E-state index contributed by atoms with van der Waals surface area (Å²) in [4.78, 5) is 11.5. The third kappa shape index (κ3) is 3.75. The highest BCUT2D eigenvalue weighted by molar-refractivity contribution is 5.75. The number of hydrogen-bond donors (Lipinski definition) is 2. The van der Waals surface area contributed by atoms with Crippen molar-refractivity contribution in [1.82, 2.24) is 5.32 Å². The van der Waals surface area contributed by atoms with Crippen molar-refractivity contribution in [3.8, 4) is 0 Å². The summed E-state index contributed by atoms with van der Waals surface area (Å²) in [6.45, 7) is 4.51. The van der Waals surface area contributed by atoms with Crippen LogP contribution in [0.15, 0.2) is 24.3 Å². The van der Waals surface area contributed by atoms with Crippen molar-refractivity contribution in [3.05, 3.63) is 29.8 Å². The predicted octanol–water partition coefficient (Wildman–Crippen LogP) is 1.56. The summed E-state index contributed by atoms with van der Waals surface area (Å²) < 4.78 is 4.76. The molecule has 1 aromatic rings. The Kier molecular flexibility index (Phi) is 4.97. The monoisotopic (exact) mass is 236 g/mol. The fraction of sp³-hybridized carbons (Fsp3) is 0.462. The quantitative estimate of drug-likeness (QED) is 0.601. The molecule has 0 aliphatic rings. The van der Waals surface area contributed by atoms with E-state index in [1.54, 1.807) is 0 Å². The van der Waals surface area contributed by atoms with E-state index in [2.05, 4.69) is 5.32 Å². The molecule has 0 aliphatic carbocycles. The molecule has 17 heavy (non-hydrogen) atoms. The van der Waals surface area contributed by atoms with E-state index in [4.69, 9.17) is 10.5 Å². The van der Waals surface area contributed by atoms with Crippen molar-refractivity contribution in [2.75, 3.05) is 12.8 Å². The molecule has 1 rings (SSSR count). The van der Waals surface area contributed by atoms with E-state index in [0.717, 1.165) is 11.3 Å². The van der Waals surface area contributed by atoms with E-state index < -0.39 is 0 Å². The van der Waals surface area contributed by atoms with Gasteiger partial charge in [-0.2, -0.15) is 0 Å². The van der Waals surface area contributed by atoms with Crippen LogP contribution in [0.3, 0.4) is 0 Å². The zero-order chi connectivity index (χ0) is 12.8. The Hall–Kier alpha value is -1.55. The first-order valence-corrected chi connectivity index (χ1v) is 5.71. The molecule has 94 valence electrons. The van der Waals surface area contributed by atoms with Gasteiger partial charge in [0.15, 0.2) is 0 Å². The molecule has 1 aromatic carbocycles. The maximum absolute atomic E-state index is 11.5. The maximum atomic E-state index is 11.5. The highest BCUT2D eigenvalue weighted by atomic mass is 16.5. The number of esters is 1. The lowest BCUT2D eigenvalue weighted by molar-refractivity contribution is -0.144. The molecule has 0 amide bonds. The number of ether oxygens (including phenoxy) is 1. The lowest BCUT2D eigenvalue weighted by atomic mass is 10.0. The van der Waals surface area contributed by atoms with Crippen LogP contribution < -0.4 is 11.1 Å². The minimum absolute atomic E-state index is 0.174. The number of nitrogens with one attached hydrogen (secondary N) is 1. The number of carbonyl (C=O) groups is 1. The van der Waals surface area contributed by atoms with Gasteiger partial charge in [-0.05, 0) is 17.5 Å². The number of carbonyl (C=O) groups excluding carboxylic acids is 1. The number of benzene rings is 1. The highest BCUT2D eigenvalue weighted by Gasteiger charge is 2.22. The Balaban J connectivity index is 2.64. The largest absolute Gasteiger partial charge is 0.468 e. The van der Waals surface area contributed by atoms with Crippen LogP contribution in [0.2, 0.25) is 0 Å². The number of methoxy groups -OCH3 is 1. The Labute approximate surface area is 102 Å². The number of anilines is 1. The van der Waals surface area contributed by atoms with Gasteiger partial charge in [0.25, 0.3) is 0 Å². The molecule has 0 aromatic heterocycles.